The molecule has 3 rings (SSSR count). The fourth-order valence-electron chi connectivity index (χ4n) is 4.86. The van der Waals surface area contributed by atoms with Crippen molar-refractivity contribution in [3.05, 3.63) is 35.9 Å². The van der Waals surface area contributed by atoms with Crippen molar-refractivity contribution in [3.8, 4) is 0 Å². The summed E-state index contributed by atoms with van der Waals surface area (Å²) in [5, 5.41) is 0. The topological polar surface area (TPSA) is 37.4 Å². The van der Waals surface area contributed by atoms with E-state index in [0.29, 0.717) is 31.7 Å². The molecule has 1 aliphatic heterocycles. The van der Waals surface area contributed by atoms with Crippen LogP contribution in [0.3, 0.4) is 0 Å². The second-order valence-corrected chi connectivity index (χ2v) is 8.25. The molecule has 0 bridgehead atoms. The predicted octanol–water partition coefficient (Wildman–Crippen LogP) is 5.10. The highest BCUT2D eigenvalue weighted by molar-refractivity contribution is 5.81. The molecule has 3 atom stereocenters. The quantitative estimate of drug-likeness (QED) is 0.682. The maximum Gasteiger partial charge on any atom is 0.222 e. The van der Waals surface area contributed by atoms with Gasteiger partial charge in [-0.25, -0.2) is 0 Å². The van der Waals surface area contributed by atoms with E-state index < -0.39 is 0 Å². The van der Waals surface area contributed by atoms with Crippen molar-refractivity contribution in [3.63, 3.8) is 0 Å². The zero-order valence-electron chi connectivity index (χ0n) is 16.2. The monoisotopic (exact) mass is 355 g/mol. The first-order chi connectivity index (χ1) is 12.6. The van der Waals surface area contributed by atoms with Crippen LogP contribution in [0.4, 0.5) is 0 Å². The number of amides is 1. The normalized spacial score (nSPS) is 24.0. The van der Waals surface area contributed by atoms with Crippen LogP contribution >= 0.6 is 0 Å². The molecule has 2 aliphatic rings. The summed E-state index contributed by atoms with van der Waals surface area (Å²) in [6.45, 7) is 3.04. The number of rotatable bonds is 7. The molecule has 26 heavy (non-hydrogen) atoms. The van der Waals surface area contributed by atoms with Gasteiger partial charge >= 0.3 is 0 Å². The summed E-state index contributed by atoms with van der Waals surface area (Å²) in [6.07, 6.45) is 9.87. The van der Waals surface area contributed by atoms with Crippen LogP contribution in [0.15, 0.2) is 30.3 Å². The Bertz CT molecular complexity index is 595. The van der Waals surface area contributed by atoms with Crippen molar-refractivity contribution in [1.29, 1.82) is 0 Å². The first-order valence-electron chi connectivity index (χ1n) is 10.5. The van der Waals surface area contributed by atoms with Crippen LogP contribution < -0.4 is 0 Å². The third-order valence-electron chi connectivity index (χ3n) is 6.31. The van der Waals surface area contributed by atoms with Gasteiger partial charge in [-0.2, -0.15) is 0 Å². The molecular formula is C23H33NO2. The van der Waals surface area contributed by atoms with Crippen LogP contribution in [0, 0.1) is 5.92 Å². The molecular weight excluding hydrogens is 322 g/mol. The third-order valence-corrected chi connectivity index (χ3v) is 6.31. The van der Waals surface area contributed by atoms with E-state index in [1.165, 1.54) is 37.7 Å². The molecule has 0 N–H and O–H groups in total. The van der Waals surface area contributed by atoms with Gasteiger partial charge in [-0.05, 0) is 49.5 Å². The number of ketones is 1. The van der Waals surface area contributed by atoms with Crippen LogP contribution in [0.2, 0.25) is 0 Å². The molecule has 142 valence electrons. The van der Waals surface area contributed by atoms with Crippen molar-refractivity contribution in [2.45, 2.75) is 83.1 Å². The van der Waals surface area contributed by atoms with Crippen molar-refractivity contribution in [2.24, 2.45) is 5.92 Å². The number of hydrogen-bond acceptors (Lipinski definition) is 2. The first-order valence-corrected chi connectivity index (χ1v) is 10.5. The van der Waals surface area contributed by atoms with Gasteiger partial charge in [0.15, 0.2) is 0 Å². The number of Topliss-reactive ketones (excluding diaryl/α,β-unsaturated/α-hetero) is 1. The van der Waals surface area contributed by atoms with E-state index >= 15 is 0 Å². The lowest BCUT2D eigenvalue weighted by atomic mass is 9.78. The van der Waals surface area contributed by atoms with Gasteiger partial charge < -0.3 is 4.90 Å². The fourth-order valence-corrected chi connectivity index (χ4v) is 4.86. The van der Waals surface area contributed by atoms with E-state index in [9.17, 15) is 9.59 Å². The SMILES string of the molecule is C[C@H](CC(=O)CCCC(=O)N1CCCC2CCCCC21)c1ccccc1. The Hall–Kier alpha value is -1.64. The number of piperidine rings is 1. The van der Waals surface area contributed by atoms with Crippen molar-refractivity contribution >= 4 is 11.7 Å². The van der Waals surface area contributed by atoms with E-state index in [-0.39, 0.29) is 17.6 Å². The molecule has 1 amide bonds. The van der Waals surface area contributed by atoms with Crippen LogP contribution in [-0.4, -0.2) is 29.2 Å². The lowest BCUT2D eigenvalue weighted by Crippen LogP contribution is -2.49. The Kier molecular flexibility index (Phi) is 6.87. The lowest BCUT2D eigenvalue weighted by molar-refractivity contribution is -0.137. The smallest absolute Gasteiger partial charge is 0.222 e. The molecule has 0 radical (unpaired) electrons. The number of carbonyl (C=O) groups is 2. The number of benzene rings is 1. The van der Waals surface area contributed by atoms with Crippen LogP contribution in [0.1, 0.15) is 82.6 Å². The Morgan fingerprint density at radius 3 is 2.58 bits per heavy atom. The molecule has 3 nitrogen and oxygen atoms in total. The Labute approximate surface area is 158 Å². The molecule has 1 aromatic rings. The predicted molar refractivity (Wildman–Crippen MR) is 105 cm³/mol. The van der Waals surface area contributed by atoms with Gasteiger partial charge in [-0.15, -0.1) is 0 Å². The Morgan fingerprint density at radius 1 is 1.04 bits per heavy atom. The molecule has 3 heteroatoms. The average Bonchev–Trinajstić information content (AvgIpc) is 2.68. The molecule has 2 fully saturated rings. The number of nitrogens with zero attached hydrogens (tertiary/aromatic N) is 1. The van der Waals surface area contributed by atoms with E-state index in [0.717, 1.165) is 18.9 Å². The number of fused-ring (bicyclic) bond motifs is 1. The summed E-state index contributed by atoms with van der Waals surface area (Å²) in [5.41, 5.74) is 1.22. The molecule has 1 saturated heterocycles. The molecule has 2 unspecified atom stereocenters. The van der Waals surface area contributed by atoms with Crippen LogP contribution in [0.25, 0.3) is 0 Å². The molecule has 1 aliphatic carbocycles. The maximum absolute atomic E-state index is 12.7. The summed E-state index contributed by atoms with van der Waals surface area (Å²) in [7, 11) is 0. The lowest BCUT2D eigenvalue weighted by Gasteiger charge is -2.44. The van der Waals surface area contributed by atoms with Gasteiger partial charge in [-0.3, -0.25) is 9.59 Å². The van der Waals surface area contributed by atoms with Crippen molar-refractivity contribution in [2.75, 3.05) is 6.54 Å². The standard InChI is InChI=1S/C23H33NO2/c1-18(19-9-3-2-4-10-19)17-21(25)13-7-15-23(26)24-16-8-12-20-11-5-6-14-22(20)24/h2-4,9-10,18,20,22H,5-8,11-17H2,1H3/t18-,20?,22?/m1/s1. The highest BCUT2D eigenvalue weighted by Crippen LogP contribution is 2.35. The van der Waals surface area contributed by atoms with Gasteiger partial charge in [0.25, 0.3) is 0 Å². The fraction of sp³-hybridized carbons (Fsp3) is 0.652. The van der Waals surface area contributed by atoms with E-state index in [1.54, 1.807) is 0 Å². The van der Waals surface area contributed by atoms with Crippen LogP contribution in [0.5, 0.6) is 0 Å². The molecule has 0 spiro atoms. The number of hydrogen-bond donors (Lipinski definition) is 0. The molecule has 1 aromatic carbocycles. The summed E-state index contributed by atoms with van der Waals surface area (Å²) >= 11 is 0. The summed E-state index contributed by atoms with van der Waals surface area (Å²) in [5.74, 6) is 1.55. The summed E-state index contributed by atoms with van der Waals surface area (Å²) in [4.78, 5) is 27.1. The second-order valence-electron chi connectivity index (χ2n) is 8.25. The highest BCUT2D eigenvalue weighted by Gasteiger charge is 2.35. The largest absolute Gasteiger partial charge is 0.339 e. The Balaban J connectivity index is 1.41. The van der Waals surface area contributed by atoms with Crippen LogP contribution in [-0.2, 0) is 9.59 Å². The van der Waals surface area contributed by atoms with Gasteiger partial charge in [0.05, 0.1) is 0 Å². The first kappa shape index (κ1) is 19.1. The molecule has 1 heterocycles. The minimum atomic E-state index is 0.254. The van der Waals surface area contributed by atoms with Crippen molar-refractivity contribution in [1.82, 2.24) is 4.90 Å². The summed E-state index contributed by atoms with van der Waals surface area (Å²) < 4.78 is 0. The van der Waals surface area contributed by atoms with Crippen molar-refractivity contribution < 1.29 is 9.59 Å². The zero-order chi connectivity index (χ0) is 18.4. The molecule has 1 saturated carbocycles. The van der Waals surface area contributed by atoms with Gasteiger partial charge in [0, 0.05) is 31.8 Å². The average molecular weight is 356 g/mol. The minimum absolute atomic E-state index is 0.254. The van der Waals surface area contributed by atoms with E-state index in [2.05, 4.69) is 24.0 Å². The van der Waals surface area contributed by atoms with E-state index in [4.69, 9.17) is 0 Å². The van der Waals surface area contributed by atoms with Gasteiger partial charge in [0.2, 0.25) is 5.91 Å². The number of carbonyl (C=O) groups excluding carboxylic acids is 2. The summed E-state index contributed by atoms with van der Waals surface area (Å²) in [6, 6.07) is 10.7. The number of likely N-dealkylation sites (tertiary alicyclic amines) is 1. The zero-order valence-corrected chi connectivity index (χ0v) is 16.2. The molecule has 0 aromatic heterocycles. The highest BCUT2D eigenvalue weighted by atomic mass is 16.2. The van der Waals surface area contributed by atoms with E-state index in [1.807, 2.05) is 18.2 Å². The maximum atomic E-state index is 12.7. The van der Waals surface area contributed by atoms with Gasteiger partial charge in [0.1, 0.15) is 5.78 Å². The Morgan fingerprint density at radius 2 is 1.77 bits per heavy atom. The minimum Gasteiger partial charge on any atom is -0.339 e. The second kappa shape index (κ2) is 9.34. The van der Waals surface area contributed by atoms with Gasteiger partial charge in [-0.1, -0.05) is 50.1 Å². The third kappa shape index (κ3) is 4.96.